The van der Waals surface area contributed by atoms with Crippen LogP contribution in [-0.2, 0) is 11.2 Å². The summed E-state index contributed by atoms with van der Waals surface area (Å²) in [6.45, 7) is 7.99. The normalized spacial score (nSPS) is 12.0. The van der Waals surface area contributed by atoms with Crippen molar-refractivity contribution in [2.45, 2.75) is 39.2 Å². The first kappa shape index (κ1) is 17.5. The Hall–Kier alpha value is -2.33. The number of furan rings is 1. The van der Waals surface area contributed by atoms with Crippen molar-refractivity contribution in [1.29, 1.82) is 0 Å². The monoisotopic (exact) mass is 338 g/mol. The van der Waals surface area contributed by atoms with Crippen molar-refractivity contribution in [3.05, 3.63) is 48.2 Å². The molecule has 3 rings (SSSR count). The Balaban J connectivity index is 1.63. The van der Waals surface area contributed by atoms with E-state index in [4.69, 9.17) is 4.42 Å². The molecule has 4 nitrogen and oxygen atoms in total. The Morgan fingerprint density at radius 3 is 2.68 bits per heavy atom. The van der Waals surface area contributed by atoms with Gasteiger partial charge < -0.3 is 15.1 Å². The van der Waals surface area contributed by atoms with Crippen LogP contribution in [0.2, 0.25) is 0 Å². The Morgan fingerprint density at radius 2 is 1.88 bits per heavy atom. The number of nitrogens with one attached hydrogen (secondary N) is 2. The van der Waals surface area contributed by atoms with Crippen LogP contribution >= 0.6 is 0 Å². The average molecular weight is 338 g/mol. The Bertz CT molecular complexity index is 874. The van der Waals surface area contributed by atoms with Crippen molar-refractivity contribution in [1.82, 2.24) is 10.6 Å². The maximum absolute atomic E-state index is 12.3. The summed E-state index contributed by atoms with van der Waals surface area (Å²) in [5.41, 5.74) is 1.88. The molecule has 0 saturated heterocycles. The van der Waals surface area contributed by atoms with E-state index in [9.17, 15) is 4.79 Å². The fraction of sp³-hybridized carbons (Fsp3) is 0.381. The van der Waals surface area contributed by atoms with E-state index in [0.717, 1.165) is 40.3 Å². The lowest BCUT2D eigenvalue weighted by atomic mass is 10.0. The van der Waals surface area contributed by atoms with Gasteiger partial charge in [-0.05, 0) is 50.6 Å². The average Bonchev–Trinajstić information content (AvgIpc) is 2.97. The van der Waals surface area contributed by atoms with Crippen LogP contribution in [0.3, 0.4) is 0 Å². The van der Waals surface area contributed by atoms with Gasteiger partial charge in [-0.15, -0.1) is 0 Å². The first-order valence-electron chi connectivity index (χ1n) is 8.83. The van der Waals surface area contributed by atoms with E-state index < -0.39 is 0 Å². The van der Waals surface area contributed by atoms with Crippen LogP contribution in [0.4, 0.5) is 0 Å². The van der Waals surface area contributed by atoms with Crippen LogP contribution in [-0.4, -0.2) is 24.5 Å². The molecular weight excluding hydrogens is 312 g/mol. The van der Waals surface area contributed by atoms with Gasteiger partial charge >= 0.3 is 0 Å². The van der Waals surface area contributed by atoms with Crippen LogP contribution in [0.15, 0.2) is 47.1 Å². The number of benzene rings is 2. The summed E-state index contributed by atoms with van der Waals surface area (Å²) in [7, 11) is 0. The predicted octanol–water partition coefficient (Wildman–Crippen LogP) is 4.02. The van der Waals surface area contributed by atoms with E-state index in [-0.39, 0.29) is 11.4 Å². The molecule has 1 aromatic heterocycles. The SMILES string of the molecule is CC(C)(C)NCCCNC(=O)Cc1coc2ccc3ccccc3c12. The van der Waals surface area contributed by atoms with E-state index in [1.165, 1.54) is 0 Å². The molecule has 0 radical (unpaired) electrons. The summed E-state index contributed by atoms with van der Waals surface area (Å²) in [4.78, 5) is 12.3. The maximum Gasteiger partial charge on any atom is 0.224 e. The standard InChI is InChI=1S/C21H26N2O2/c1-21(2,3)23-12-6-11-22-19(24)13-16-14-25-18-10-9-15-7-4-5-8-17(15)20(16)18/h4-5,7-10,14,23H,6,11-13H2,1-3H3,(H,22,24). The second-order valence-electron chi connectivity index (χ2n) is 7.48. The zero-order valence-corrected chi connectivity index (χ0v) is 15.2. The highest BCUT2D eigenvalue weighted by molar-refractivity contribution is 6.08. The third kappa shape index (κ3) is 4.40. The second-order valence-corrected chi connectivity index (χ2v) is 7.48. The van der Waals surface area contributed by atoms with Crippen molar-refractivity contribution >= 4 is 27.6 Å². The van der Waals surface area contributed by atoms with Crippen molar-refractivity contribution < 1.29 is 9.21 Å². The third-order valence-corrected chi connectivity index (χ3v) is 4.22. The summed E-state index contributed by atoms with van der Waals surface area (Å²) in [5.74, 6) is 0.0337. The first-order chi connectivity index (χ1) is 11.9. The molecule has 0 aliphatic heterocycles. The summed E-state index contributed by atoms with van der Waals surface area (Å²) in [6, 6.07) is 12.2. The molecule has 0 unspecified atom stereocenters. The highest BCUT2D eigenvalue weighted by Crippen LogP contribution is 2.30. The fourth-order valence-corrected chi connectivity index (χ4v) is 3.02. The van der Waals surface area contributed by atoms with Crippen molar-refractivity contribution in [2.24, 2.45) is 0 Å². The molecule has 4 heteroatoms. The number of carbonyl (C=O) groups is 1. The molecule has 0 saturated carbocycles. The highest BCUT2D eigenvalue weighted by Gasteiger charge is 2.13. The number of fused-ring (bicyclic) bond motifs is 3. The van der Waals surface area contributed by atoms with Gasteiger partial charge in [-0.25, -0.2) is 0 Å². The molecule has 2 aromatic carbocycles. The minimum atomic E-state index is 0.0337. The molecule has 0 atom stereocenters. The fourth-order valence-electron chi connectivity index (χ4n) is 3.02. The van der Waals surface area contributed by atoms with Gasteiger partial charge in [0.25, 0.3) is 0 Å². The van der Waals surface area contributed by atoms with Crippen LogP contribution < -0.4 is 10.6 Å². The lowest BCUT2D eigenvalue weighted by Crippen LogP contribution is -2.38. The predicted molar refractivity (Wildman–Crippen MR) is 103 cm³/mol. The van der Waals surface area contributed by atoms with Crippen LogP contribution in [0.25, 0.3) is 21.7 Å². The van der Waals surface area contributed by atoms with Gasteiger partial charge in [0.05, 0.1) is 12.7 Å². The van der Waals surface area contributed by atoms with Crippen LogP contribution in [0, 0.1) is 0 Å². The lowest BCUT2D eigenvalue weighted by Gasteiger charge is -2.20. The molecule has 0 bridgehead atoms. The Morgan fingerprint density at radius 1 is 1.08 bits per heavy atom. The van der Waals surface area contributed by atoms with Crippen molar-refractivity contribution in [2.75, 3.05) is 13.1 Å². The zero-order valence-electron chi connectivity index (χ0n) is 15.2. The topological polar surface area (TPSA) is 54.3 Å². The summed E-state index contributed by atoms with van der Waals surface area (Å²) in [6.07, 6.45) is 2.96. The van der Waals surface area contributed by atoms with Gasteiger partial charge in [-0.2, -0.15) is 0 Å². The molecule has 0 aliphatic carbocycles. The molecule has 0 aliphatic rings. The highest BCUT2D eigenvalue weighted by atomic mass is 16.3. The lowest BCUT2D eigenvalue weighted by molar-refractivity contribution is -0.120. The minimum Gasteiger partial charge on any atom is -0.464 e. The second kappa shape index (κ2) is 7.28. The minimum absolute atomic E-state index is 0.0337. The summed E-state index contributed by atoms with van der Waals surface area (Å²) >= 11 is 0. The van der Waals surface area contributed by atoms with Crippen LogP contribution in [0.5, 0.6) is 0 Å². The molecule has 3 aromatic rings. The number of carbonyl (C=O) groups excluding carboxylic acids is 1. The Kier molecular flexibility index (Phi) is 5.09. The van der Waals surface area contributed by atoms with Crippen LogP contribution in [0.1, 0.15) is 32.8 Å². The molecule has 1 amide bonds. The number of rotatable bonds is 6. The Labute approximate surface area is 148 Å². The smallest absolute Gasteiger partial charge is 0.224 e. The van der Waals surface area contributed by atoms with Gasteiger partial charge in [0.1, 0.15) is 5.58 Å². The molecule has 132 valence electrons. The third-order valence-electron chi connectivity index (χ3n) is 4.22. The molecule has 0 spiro atoms. The molecule has 25 heavy (non-hydrogen) atoms. The maximum atomic E-state index is 12.3. The molecule has 0 fully saturated rings. The zero-order chi connectivity index (χ0) is 17.9. The molecular formula is C21H26N2O2. The van der Waals surface area contributed by atoms with E-state index in [0.29, 0.717) is 13.0 Å². The molecule has 1 heterocycles. The largest absolute Gasteiger partial charge is 0.464 e. The van der Waals surface area contributed by atoms with Gasteiger partial charge in [0.15, 0.2) is 0 Å². The van der Waals surface area contributed by atoms with E-state index >= 15 is 0 Å². The number of amides is 1. The van der Waals surface area contributed by atoms with Gasteiger partial charge in [0, 0.05) is 23.0 Å². The van der Waals surface area contributed by atoms with Gasteiger partial charge in [-0.1, -0.05) is 30.3 Å². The van der Waals surface area contributed by atoms with Gasteiger partial charge in [-0.3, -0.25) is 4.79 Å². The quantitative estimate of drug-likeness (QED) is 0.667. The van der Waals surface area contributed by atoms with E-state index in [1.54, 1.807) is 6.26 Å². The van der Waals surface area contributed by atoms with Gasteiger partial charge in [0.2, 0.25) is 5.91 Å². The van der Waals surface area contributed by atoms with Crippen molar-refractivity contribution in [3.63, 3.8) is 0 Å². The molecule has 2 N–H and O–H groups in total. The number of hydrogen-bond acceptors (Lipinski definition) is 3. The van der Waals surface area contributed by atoms with E-state index in [2.05, 4.69) is 43.5 Å². The summed E-state index contributed by atoms with van der Waals surface area (Å²) in [5, 5.41) is 9.75. The number of hydrogen-bond donors (Lipinski definition) is 2. The summed E-state index contributed by atoms with van der Waals surface area (Å²) < 4.78 is 5.65. The van der Waals surface area contributed by atoms with Crippen molar-refractivity contribution in [3.8, 4) is 0 Å². The first-order valence-corrected chi connectivity index (χ1v) is 8.83. The van der Waals surface area contributed by atoms with E-state index in [1.807, 2.05) is 24.3 Å².